The molecule has 1 aromatic rings. The summed E-state index contributed by atoms with van der Waals surface area (Å²) in [5.41, 5.74) is 4.83. The van der Waals surface area contributed by atoms with Gasteiger partial charge in [-0.15, -0.1) is 11.8 Å². The van der Waals surface area contributed by atoms with Crippen LogP contribution in [0.1, 0.15) is 23.2 Å². The number of benzene rings is 1. The summed E-state index contributed by atoms with van der Waals surface area (Å²) < 4.78 is 0. The van der Waals surface area contributed by atoms with Crippen molar-refractivity contribution in [1.82, 2.24) is 4.90 Å². The number of carboxylic acid groups (broad SMARTS) is 1. The maximum absolute atomic E-state index is 12.3. The first-order chi connectivity index (χ1) is 11.8. The van der Waals surface area contributed by atoms with Gasteiger partial charge in [0, 0.05) is 24.7 Å². The van der Waals surface area contributed by atoms with Crippen molar-refractivity contribution >= 4 is 35.2 Å². The van der Waals surface area contributed by atoms with Crippen molar-refractivity contribution in [1.29, 1.82) is 0 Å². The highest BCUT2D eigenvalue weighted by atomic mass is 32.2. The number of nitrogens with zero attached hydrogens (tertiary/aromatic N) is 2. The summed E-state index contributed by atoms with van der Waals surface area (Å²) >= 11 is 0.975. The highest BCUT2D eigenvalue weighted by Crippen LogP contribution is 2.30. The number of aliphatic carboxylic acids is 1. The van der Waals surface area contributed by atoms with Crippen LogP contribution in [0, 0.1) is 16.0 Å². The minimum atomic E-state index is -0.928. The van der Waals surface area contributed by atoms with Crippen LogP contribution in [0.3, 0.4) is 0 Å². The van der Waals surface area contributed by atoms with Crippen LogP contribution >= 0.6 is 11.8 Å². The van der Waals surface area contributed by atoms with Gasteiger partial charge in [-0.3, -0.25) is 24.5 Å². The number of nitro benzene ring substituents is 1. The number of hydrogen-bond acceptors (Lipinski definition) is 6. The van der Waals surface area contributed by atoms with E-state index in [2.05, 4.69) is 0 Å². The van der Waals surface area contributed by atoms with E-state index in [1.807, 2.05) is 0 Å². The smallest absolute Gasteiger partial charge is 0.308 e. The highest BCUT2D eigenvalue weighted by Gasteiger charge is 2.28. The van der Waals surface area contributed by atoms with Crippen LogP contribution < -0.4 is 5.73 Å². The number of carbonyl (C=O) groups excluding carboxylic acids is 2. The fraction of sp³-hybridized carbons (Fsp3) is 0.400. The number of nitrogens with two attached hydrogens (primary N) is 1. The molecule has 134 valence electrons. The number of carbonyl (C=O) groups is 3. The van der Waals surface area contributed by atoms with E-state index in [4.69, 9.17) is 10.8 Å². The number of thioether (sulfide) groups is 1. The zero-order valence-corrected chi connectivity index (χ0v) is 14.0. The number of amides is 2. The Balaban J connectivity index is 2.05. The predicted molar refractivity (Wildman–Crippen MR) is 89.3 cm³/mol. The molecule has 3 N–H and O–H groups in total. The first-order valence-electron chi connectivity index (χ1n) is 7.51. The normalized spacial score (nSPS) is 17.1. The van der Waals surface area contributed by atoms with Crippen LogP contribution in [-0.2, 0) is 9.59 Å². The van der Waals surface area contributed by atoms with Gasteiger partial charge in [0.05, 0.1) is 21.5 Å². The van der Waals surface area contributed by atoms with Gasteiger partial charge < -0.3 is 15.7 Å². The van der Waals surface area contributed by atoms with Gasteiger partial charge in [-0.25, -0.2) is 0 Å². The van der Waals surface area contributed by atoms with Crippen LogP contribution in [0.2, 0.25) is 0 Å². The van der Waals surface area contributed by atoms with Gasteiger partial charge >= 0.3 is 5.97 Å². The van der Waals surface area contributed by atoms with E-state index in [0.29, 0.717) is 19.4 Å². The Morgan fingerprint density at radius 1 is 1.40 bits per heavy atom. The van der Waals surface area contributed by atoms with Crippen molar-refractivity contribution in [3.63, 3.8) is 0 Å². The van der Waals surface area contributed by atoms with Crippen molar-refractivity contribution < 1.29 is 24.4 Å². The second kappa shape index (κ2) is 7.97. The Bertz CT molecular complexity index is 723. The first kappa shape index (κ1) is 18.7. The molecule has 0 aromatic heterocycles. The summed E-state index contributed by atoms with van der Waals surface area (Å²) in [6.45, 7) is 0.628. The van der Waals surface area contributed by atoms with E-state index in [1.165, 1.54) is 17.0 Å². The lowest BCUT2D eigenvalue weighted by atomic mass is 9.98. The zero-order valence-electron chi connectivity index (χ0n) is 13.2. The Kier molecular flexibility index (Phi) is 5.97. The lowest BCUT2D eigenvalue weighted by Gasteiger charge is -2.30. The summed E-state index contributed by atoms with van der Waals surface area (Å²) in [4.78, 5) is 46.7. The fourth-order valence-electron chi connectivity index (χ4n) is 2.57. The van der Waals surface area contributed by atoms with Gasteiger partial charge in [-0.1, -0.05) is 0 Å². The molecule has 2 amide bonds. The lowest BCUT2D eigenvalue weighted by Crippen LogP contribution is -2.43. The molecule has 1 aromatic carbocycles. The molecule has 1 saturated heterocycles. The molecule has 1 atom stereocenters. The molecule has 0 bridgehead atoms. The maximum Gasteiger partial charge on any atom is 0.308 e. The fourth-order valence-corrected chi connectivity index (χ4v) is 3.48. The van der Waals surface area contributed by atoms with Crippen molar-refractivity contribution in [2.75, 3.05) is 18.8 Å². The summed E-state index contributed by atoms with van der Waals surface area (Å²) in [5, 5.41) is 20.2. The van der Waals surface area contributed by atoms with Crippen LogP contribution in [0.15, 0.2) is 23.1 Å². The average Bonchev–Trinajstić information content (AvgIpc) is 2.59. The number of carboxylic acids is 1. The minimum absolute atomic E-state index is 0.0164. The van der Waals surface area contributed by atoms with Crippen molar-refractivity contribution in [3.8, 4) is 0 Å². The molecule has 0 spiro atoms. The summed E-state index contributed by atoms with van der Waals surface area (Å²) in [6, 6.07) is 3.83. The molecule has 9 nitrogen and oxygen atoms in total. The lowest BCUT2D eigenvalue weighted by molar-refractivity contribution is -0.387. The van der Waals surface area contributed by atoms with Crippen LogP contribution in [0.5, 0.6) is 0 Å². The number of piperidine rings is 1. The average molecular weight is 367 g/mol. The van der Waals surface area contributed by atoms with E-state index in [1.54, 1.807) is 0 Å². The van der Waals surface area contributed by atoms with E-state index >= 15 is 0 Å². The number of primary amides is 1. The Labute approximate surface area is 147 Å². The highest BCUT2D eigenvalue weighted by molar-refractivity contribution is 8.00. The van der Waals surface area contributed by atoms with E-state index < -0.39 is 22.7 Å². The largest absolute Gasteiger partial charge is 0.481 e. The zero-order chi connectivity index (χ0) is 18.6. The molecule has 0 aliphatic carbocycles. The molecule has 1 fully saturated rings. The van der Waals surface area contributed by atoms with Crippen LogP contribution in [0.25, 0.3) is 0 Å². The van der Waals surface area contributed by atoms with E-state index in [0.717, 1.165) is 17.8 Å². The van der Waals surface area contributed by atoms with Gasteiger partial charge in [-0.2, -0.15) is 0 Å². The number of rotatable bonds is 6. The van der Waals surface area contributed by atoms with Crippen molar-refractivity contribution in [3.05, 3.63) is 33.9 Å². The molecule has 25 heavy (non-hydrogen) atoms. The topological polar surface area (TPSA) is 144 Å². The Hall–Kier alpha value is -2.62. The summed E-state index contributed by atoms with van der Waals surface area (Å²) in [6.07, 6.45) is 1.15. The Morgan fingerprint density at radius 2 is 2.12 bits per heavy atom. The molecular weight excluding hydrogens is 350 g/mol. The second-order valence-corrected chi connectivity index (χ2v) is 6.63. The first-order valence-corrected chi connectivity index (χ1v) is 8.49. The van der Waals surface area contributed by atoms with E-state index in [-0.39, 0.29) is 34.4 Å². The number of likely N-dealkylation sites (tertiary alicyclic amines) is 1. The third kappa shape index (κ3) is 4.69. The quantitative estimate of drug-likeness (QED) is 0.435. The standard InChI is InChI=1S/C15H17N3O6S/c16-14(20)9-3-4-12(11(6-9)18(23)24)25-8-13(19)17-5-1-2-10(7-17)15(21)22/h3-4,6,10H,1-2,5,7-8H2,(H2,16,20)(H,21,22). The van der Waals surface area contributed by atoms with E-state index in [9.17, 15) is 24.5 Å². The van der Waals surface area contributed by atoms with Crippen molar-refractivity contribution in [2.45, 2.75) is 17.7 Å². The Morgan fingerprint density at radius 3 is 2.72 bits per heavy atom. The molecular formula is C15H17N3O6S. The second-order valence-electron chi connectivity index (χ2n) is 5.61. The molecule has 1 aliphatic heterocycles. The van der Waals surface area contributed by atoms with Gasteiger partial charge in [0.25, 0.3) is 5.69 Å². The van der Waals surface area contributed by atoms with Gasteiger partial charge in [-0.05, 0) is 25.0 Å². The maximum atomic E-state index is 12.3. The molecule has 1 aliphatic rings. The van der Waals surface area contributed by atoms with Crippen molar-refractivity contribution in [2.24, 2.45) is 11.7 Å². The molecule has 1 heterocycles. The molecule has 10 heteroatoms. The third-order valence-electron chi connectivity index (χ3n) is 3.91. The van der Waals surface area contributed by atoms with Crippen LogP contribution in [0.4, 0.5) is 5.69 Å². The van der Waals surface area contributed by atoms with Gasteiger partial charge in [0.1, 0.15) is 0 Å². The predicted octanol–water partition coefficient (Wildman–Crippen LogP) is 1.11. The number of nitro groups is 1. The molecule has 1 unspecified atom stereocenters. The van der Waals surface area contributed by atoms with Crippen LogP contribution in [-0.4, -0.2) is 51.6 Å². The monoisotopic (exact) mass is 367 g/mol. The minimum Gasteiger partial charge on any atom is -0.481 e. The number of hydrogen-bond donors (Lipinski definition) is 2. The molecule has 2 rings (SSSR count). The van der Waals surface area contributed by atoms with Gasteiger partial charge in [0.15, 0.2) is 0 Å². The molecule has 0 radical (unpaired) electrons. The molecule has 0 saturated carbocycles. The SMILES string of the molecule is NC(=O)c1ccc(SCC(=O)N2CCCC(C(=O)O)C2)c([N+](=O)[O-])c1. The van der Waals surface area contributed by atoms with Gasteiger partial charge in [0.2, 0.25) is 11.8 Å². The summed E-state index contributed by atoms with van der Waals surface area (Å²) in [5.74, 6) is -2.61. The summed E-state index contributed by atoms with van der Waals surface area (Å²) in [7, 11) is 0. The third-order valence-corrected chi connectivity index (χ3v) is 4.96.